The molecule has 1 aliphatic heterocycles. The molecule has 1 saturated heterocycles. The second kappa shape index (κ2) is 8.70. The molecule has 148 valence electrons. The second-order valence-corrected chi connectivity index (χ2v) is 8.07. The van der Waals surface area contributed by atoms with Crippen LogP contribution in [0.25, 0.3) is 11.2 Å². The normalized spacial score (nSPS) is 16.2. The molecule has 2 aromatic heterocycles. The molecular weight excluding hydrogens is 392 g/mol. The highest BCUT2D eigenvalue weighted by Crippen LogP contribution is 2.33. The average molecular weight is 413 g/mol. The van der Waals surface area contributed by atoms with Crippen LogP contribution in [0, 0.1) is 11.8 Å². The smallest absolute Gasteiger partial charge is 0.190 e. The van der Waals surface area contributed by atoms with Crippen LogP contribution in [0.1, 0.15) is 36.9 Å². The van der Waals surface area contributed by atoms with Gasteiger partial charge in [0.05, 0.1) is 0 Å². The van der Waals surface area contributed by atoms with Crippen molar-refractivity contribution in [3.05, 3.63) is 78.4 Å². The molecule has 1 atom stereocenters. The number of fused-ring (bicyclic) bond motifs is 1. The Hall–Kier alpha value is -3.14. The quantitative estimate of drug-likeness (QED) is 0.347. The summed E-state index contributed by atoms with van der Waals surface area (Å²) in [6, 6.07) is 20.1. The van der Waals surface area contributed by atoms with E-state index in [0.29, 0.717) is 5.82 Å². The van der Waals surface area contributed by atoms with E-state index < -0.39 is 0 Å². The molecule has 4 aromatic rings. The Morgan fingerprint density at radius 2 is 1.73 bits per heavy atom. The fraction of sp³-hybridized carbons (Fsp3) is 0.208. The monoisotopic (exact) mass is 412 g/mol. The third-order valence-corrected chi connectivity index (χ3v) is 5.94. The molecule has 0 spiro atoms. The summed E-state index contributed by atoms with van der Waals surface area (Å²) in [5.74, 6) is 7.14. The van der Waals surface area contributed by atoms with Gasteiger partial charge in [-0.3, -0.25) is 4.57 Å². The number of nitrogens with zero attached hydrogens (tertiary/aromatic N) is 4. The summed E-state index contributed by atoms with van der Waals surface area (Å²) in [6.07, 6.45) is 4.62. The lowest BCUT2D eigenvalue weighted by atomic mass is 10.2. The van der Waals surface area contributed by atoms with E-state index in [2.05, 4.69) is 33.9 Å². The molecule has 2 aromatic carbocycles. The number of rotatable bonds is 3. The Labute approximate surface area is 179 Å². The van der Waals surface area contributed by atoms with Gasteiger partial charge in [-0.15, -0.1) is 0 Å². The zero-order valence-corrected chi connectivity index (χ0v) is 17.2. The average Bonchev–Trinajstić information content (AvgIpc) is 3.19. The van der Waals surface area contributed by atoms with Crippen LogP contribution in [0.5, 0.6) is 0 Å². The topological polar surface area (TPSA) is 52.8 Å². The molecule has 0 aliphatic carbocycles. The fourth-order valence-corrected chi connectivity index (χ4v) is 4.35. The summed E-state index contributed by atoms with van der Waals surface area (Å²) in [7, 11) is 0. The maximum atomic E-state index is 6.07. The maximum Gasteiger partial charge on any atom is 0.190 e. The summed E-state index contributed by atoms with van der Waals surface area (Å²) < 4.78 is 8.11. The number of imidazole rings is 1. The van der Waals surface area contributed by atoms with Gasteiger partial charge in [-0.2, -0.15) is 0 Å². The lowest BCUT2D eigenvalue weighted by Gasteiger charge is -2.24. The van der Waals surface area contributed by atoms with Crippen LogP contribution in [0.2, 0.25) is 0 Å². The first kappa shape index (κ1) is 18.9. The third kappa shape index (κ3) is 3.95. The first-order valence-electron chi connectivity index (χ1n) is 10.0. The Balaban J connectivity index is 1.62. The zero-order valence-electron chi connectivity index (χ0n) is 16.4. The molecule has 1 fully saturated rings. The molecule has 0 N–H and O–H groups in total. The molecule has 30 heavy (non-hydrogen) atoms. The molecule has 0 radical (unpaired) electrons. The molecule has 1 aliphatic rings. The minimum atomic E-state index is -0.103. The Morgan fingerprint density at radius 1 is 0.933 bits per heavy atom. The third-order valence-electron chi connectivity index (χ3n) is 4.94. The van der Waals surface area contributed by atoms with E-state index in [0.717, 1.165) is 52.5 Å². The van der Waals surface area contributed by atoms with Crippen LogP contribution < -0.4 is 0 Å². The van der Waals surface area contributed by atoms with Gasteiger partial charge in [-0.1, -0.05) is 54.1 Å². The van der Waals surface area contributed by atoms with E-state index in [-0.39, 0.29) is 6.23 Å². The lowest BCUT2D eigenvalue weighted by molar-refractivity contribution is -0.0302. The second-order valence-electron chi connectivity index (χ2n) is 7.01. The van der Waals surface area contributed by atoms with E-state index >= 15 is 0 Å². The van der Waals surface area contributed by atoms with Gasteiger partial charge >= 0.3 is 0 Å². The van der Waals surface area contributed by atoms with Gasteiger partial charge in [0.2, 0.25) is 0 Å². The van der Waals surface area contributed by atoms with Crippen LogP contribution in [0.4, 0.5) is 0 Å². The maximum absolute atomic E-state index is 6.07. The van der Waals surface area contributed by atoms with E-state index in [4.69, 9.17) is 9.72 Å². The summed E-state index contributed by atoms with van der Waals surface area (Å²) in [5.41, 5.74) is 2.48. The minimum absolute atomic E-state index is 0.103. The van der Waals surface area contributed by atoms with Crippen molar-refractivity contribution in [2.45, 2.75) is 35.4 Å². The number of benzene rings is 2. The molecule has 1 unspecified atom stereocenters. The Bertz CT molecular complexity index is 1210. The Morgan fingerprint density at radius 3 is 2.50 bits per heavy atom. The molecule has 0 saturated carbocycles. The highest BCUT2D eigenvalue weighted by molar-refractivity contribution is 7.99. The molecule has 5 nitrogen and oxygen atoms in total. The number of hydrogen-bond donors (Lipinski definition) is 0. The molecule has 0 bridgehead atoms. The zero-order chi connectivity index (χ0) is 20.2. The standard InChI is InChI=1S/C24H20N4OS/c1-3-9-18(10-4-1)14-15-20-27-22-23(28(20)21-13-7-8-16-29-21)25-17-26-24(22)30-19-11-5-2-6-12-19/h1-6,9-12,17,21H,7-8,13,16H2. The largest absolute Gasteiger partial charge is 0.358 e. The van der Waals surface area contributed by atoms with Gasteiger partial charge in [0.1, 0.15) is 23.1 Å². The van der Waals surface area contributed by atoms with Gasteiger partial charge in [-0.05, 0) is 49.4 Å². The van der Waals surface area contributed by atoms with Crippen molar-refractivity contribution in [3.8, 4) is 11.8 Å². The summed E-state index contributed by atoms with van der Waals surface area (Å²) >= 11 is 1.58. The summed E-state index contributed by atoms with van der Waals surface area (Å²) in [5, 5.41) is 0.823. The van der Waals surface area contributed by atoms with E-state index in [1.54, 1.807) is 18.1 Å². The van der Waals surface area contributed by atoms with Gasteiger partial charge in [0, 0.05) is 17.1 Å². The molecule has 6 heteroatoms. The molecule has 5 rings (SSSR count). The van der Waals surface area contributed by atoms with Crippen molar-refractivity contribution in [2.75, 3.05) is 6.61 Å². The van der Waals surface area contributed by atoms with Gasteiger partial charge in [0.15, 0.2) is 11.5 Å². The van der Waals surface area contributed by atoms with Crippen LogP contribution in [-0.4, -0.2) is 26.1 Å². The predicted molar refractivity (Wildman–Crippen MR) is 117 cm³/mol. The SMILES string of the molecule is C(#Cc1nc2c(Sc3ccccc3)ncnc2n1C1CCCCO1)c1ccccc1. The number of aromatic nitrogens is 4. The summed E-state index contributed by atoms with van der Waals surface area (Å²) in [4.78, 5) is 15.0. The number of hydrogen-bond acceptors (Lipinski definition) is 5. The van der Waals surface area contributed by atoms with E-state index in [1.807, 2.05) is 53.1 Å². The van der Waals surface area contributed by atoms with Crippen molar-refractivity contribution in [1.82, 2.24) is 19.5 Å². The molecule has 3 heterocycles. The van der Waals surface area contributed by atoms with Crippen molar-refractivity contribution >= 4 is 22.9 Å². The molecule has 0 amide bonds. The highest BCUT2D eigenvalue weighted by atomic mass is 32.2. The van der Waals surface area contributed by atoms with Crippen molar-refractivity contribution in [2.24, 2.45) is 0 Å². The minimum Gasteiger partial charge on any atom is -0.358 e. The molecular formula is C24H20N4OS. The predicted octanol–water partition coefficient (Wildman–Crippen LogP) is 5.08. The van der Waals surface area contributed by atoms with Crippen LogP contribution in [-0.2, 0) is 4.74 Å². The van der Waals surface area contributed by atoms with Gasteiger partial charge in [-0.25, -0.2) is 15.0 Å². The van der Waals surface area contributed by atoms with Crippen molar-refractivity contribution in [3.63, 3.8) is 0 Å². The first-order valence-corrected chi connectivity index (χ1v) is 10.8. The van der Waals surface area contributed by atoms with Crippen LogP contribution in [0.3, 0.4) is 0 Å². The van der Waals surface area contributed by atoms with E-state index in [9.17, 15) is 0 Å². The van der Waals surface area contributed by atoms with Crippen molar-refractivity contribution in [1.29, 1.82) is 0 Å². The first-order chi connectivity index (χ1) is 14.9. The highest BCUT2D eigenvalue weighted by Gasteiger charge is 2.24. The lowest BCUT2D eigenvalue weighted by Crippen LogP contribution is -2.19. The number of ether oxygens (including phenoxy) is 1. The van der Waals surface area contributed by atoms with E-state index in [1.165, 1.54) is 0 Å². The van der Waals surface area contributed by atoms with Gasteiger partial charge in [0.25, 0.3) is 0 Å². The summed E-state index contributed by atoms with van der Waals surface area (Å²) in [6.45, 7) is 0.743. The van der Waals surface area contributed by atoms with Crippen LogP contribution in [0.15, 0.2) is 76.9 Å². The fourth-order valence-electron chi connectivity index (χ4n) is 3.50. The van der Waals surface area contributed by atoms with Gasteiger partial charge < -0.3 is 4.74 Å². The van der Waals surface area contributed by atoms with Crippen LogP contribution >= 0.6 is 11.8 Å². The van der Waals surface area contributed by atoms with Crippen molar-refractivity contribution < 1.29 is 4.74 Å². The Kier molecular flexibility index (Phi) is 5.47.